The molecule has 5 nitrogen and oxygen atoms in total. The van der Waals surface area contributed by atoms with Crippen LogP contribution < -0.4 is 5.56 Å². The molecular formula is C13H12N2O3. The molecule has 0 radical (unpaired) electrons. The molecule has 0 saturated carbocycles. The molecule has 2 aromatic rings. The highest BCUT2D eigenvalue weighted by molar-refractivity contribution is 5.87. The molecule has 1 aromatic carbocycles. The maximum absolute atomic E-state index is 12.0. The molecule has 0 spiro atoms. The Balaban J connectivity index is 2.69. The van der Waals surface area contributed by atoms with Gasteiger partial charge in [-0.05, 0) is 31.5 Å². The SMILES string of the molecule is Cc1ccc(-n2nccc(C(=O)O)c2=O)c(C)c1. The van der Waals surface area contributed by atoms with E-state index in [2.05, 4.69) is 5.10 Å². The average molecular weight is 244 g/mol. The minimum Gasteiger partial charge on any atom is -0.477 e. The summed E-state index contributed by atoms with van der Waals surface area (Å²) in [4.78, 5) is 22.9. The molecule has 2 rings (SSSR count). The number of nitrogens with zero attached hydrogens (tertiary/aromatic N) is 2. The third-order valence-corrected chi connectivity index (χ3v) is 2.66. The molecule has 1 aromatic heterocycles. The van der Waals surface area contributed by atoms with E-state index in [1.807, 2.05) is 26.0 Å². The monoisotopic (exact) mass is 244 g/mol. The van der Waals surface area contributed by atoms with Crippen molar-refractivity contribution < 1.29 is 9.90 Å². The first-order valence-corrected chi connectivity index (χ1v) is 5.40. The predicted molar refractivity (Wildman–Crippen MR) is 66.3 cm³/mol. The average Bonchev–Trinajstić information content (AvgIpc) is 2.30. The van der Waals surface area contributed by atoms with Crippen molar-refractivity contribution >= 4 is 5.97 Å². The molecule has 0 aliphatic heterocycles. The maximum Gasteiger partial charge on any atom is 0.341 e. The number of carboxylic acids is 1. The van der Waals surface area contributed by atoms with E-state index in [9.17, 15) is 9.59 Å². The molecule has 1 heterocycles. The highest BCUT2D eigenvalue weighted by atomic mass is 16.4. The summed E-state index contributed by atoms with van der Waals surface area (Å²) < 4.78 is 1.11. The summed E-state index contributed by atoms with van der Waals surface area (Å²) in [5.41, 5.74) is 1.61. The molecule has 0 bridgehead atoms. The van der Waals surface area contributed by atoms with Crippen molar-refractivity contribution in [1.82, 2.24) is 9.78 Å². The molecule has 0 atom stereocenters. The zero-order valence-electron chi connectivity index (χ0n) is 10.0. The summed E-state index contributed by atoms with van der Waals surface area (Å²) in [7, 11) is 0. The second-order valence-electron chi connectivity index (χ2n) is 4.06. The van der Waals surface area contributed by atoms with E-state index in [-0.39, 0.29) is 5.56 Å². The Morgan fingerprint density at radius 2 is 2.00 bits per heavy atom. The van der Waals surface area contributed by atoms with E-state index in [1.54, 1.807) is 6.07 Å². The predicted octanol–water partition coefficient (Wildman–Crippen LogP) is 1.55. The number of carbonyl (C=O) groups is 1. The van der Waals surface area contributed by atoms with Crippen LogP contribution >= 0.6 is 0 Å². The van der Waals surface area contributed by atoms with Crippen LogP contribution in [0.1, 0.15) is 21.5 Å². The Kier molecular flexibility index (Phi) is 2.97. The number of aryl methyl sites for hydroxylation is 2. The first-order chi connectivity index (χ1) is 8.50. The number of benzene rings is 1. The lowest BCUT2D eigenvalue weighted by Crippen LogP contribution is -2.27. The minimum absolute atomic E-state index is 0.287. The summed E-state index contributed by atoms with van der Waals surface area (Å²) in [6, 6.07) is 6.72. The summed E-state index contributed by atoms with van der Waals surface area (Å²) in [6.07, 6.45) is 1.31. The lowest BCUT2D eigenvalue weighted by atomic mass is 10.1. The second-order valence-corrected chi connectivity index (χ2v) is 4.06. The number of aromatic carboxylic acids is 1. The molecule has 0 amide bonds. The fourth-order valence-corrected chi connectivity index (χ4v) is 1.79. The topological polar surface area (TPSA) is 72.2 Å². The summed E-state index contributed by atoms with van der Waals surface area (Å²) >= 11 is 0. The van der Waals surface area contributed by atoms with Gasteiger partial charge in [0, 0.05) is 6.20 Å². The Morgan fingerprint density at radius 1 is 1.28 bits per heavy atom. The maximum atomic E-state index is 12.0. The molecule has 0 fully saturated rings. The Morgan fingerprint density at radius 3 is 2.61 bits per heavy atom. The van der Waals surface area contributed by atoms with Gasteiger partial charge in [0.05, 0.1) is 5.69 Å². The molecule has 0 aliphatic rings. The van der Waals surface area contributed by atoms with Crippen molar-refractivity contribution in [2.75, 3.05) is 0 Å². The molecule has 18 heavy (non-hydrogen) atoms. The first kappa shape index (κ1) is 12.0. The molecule has 0 unspecified atom stereocenters. The number of hydrogen-bond donors (Lipinski definition) is 1. The zero-order valence-corrected chi connectivity index (χ0v) is 10.0. The third-order valence-electron chi connectivity index (χ3n) is 2.66. The number of carboxylic acid groups (broad SMARTS) is 1. The van der Waals surface area contributed by atoms with Crippen molar-refractivity contribution in [3.63, 3.8) is 0 Å². The van der Waals surface area contributed by atoms with Gasteiger partial charge in [0.15, 0.2) is 0 Å². The van der Waals surface area contributed by atoms with E-state index < -0.39 is 11.5 Å². The van der Waals surface area contributed by atoms with Gasteiger partial charge in [-0.2, -0.15) is 9.78 Å². The second kappa shape index (κ2) is 4.44. The molecule has 1 N–H and O–H groups in total. The standard InChI is InChI=1S/C13H12N2O3/c1-8-3-4-11(9(2)7-8)15-12(16)10(13(17)18)5-6-14-15/h3-7H,1-2H3,(H,17,18). The molecule has 0 aliphatic carbocycles. The Bertz CT molecular complexity index is 674. The fourth-order valence-electron chi connectivity index (χ4n) is 1.79. The van der Waals surface area contributed by atoms with E-state index in [4.69, 9.17) is 5.11 Å². The van der Waals surface area contributed by atoms with Crippen LogP contribution in [0.2, 0.25) is 0 Å². The van der Waals surface area contributed by atoms with Crippen LogP contribution in [0.25, 0.3) is 5.69 Å². The van der Waals surface area contributed by atoms with Crippen molar-refractivity contribution in [3.05, 3.63) is 57.5 Å². The van der Waals surface area contributed by atoms with E-state index in [1.165, 1.54) is 12.3 Å². The molecule has 92 valence electrons. The number of rotatable bonds is 2. The number of aromatic nitrogens is 2. The molecule has 0 saturated heterocycles. The van der Waals surface area contributed by atoms with Gasteiger partial charge < -0.3 is 5.11 Å². The van der Waals surface area contributed by atoms with Crippen molar-refractivity contribution in [2.45, 2.75) is 13.8 Å². The van der Waals surface area contributed by atoms with Crippen molar-refractivity contribution in [3.8, 4) is 5.69 Å². The Hall–Kier alpha value is -2.43. The highest BCUT2D eigenvalue weighted by Gasteiger charge is 2.13. The quantitative estimate of drug-likeness (QED) is 0.869. The van der Waals surface area contributed by atoms with E-state index in [0.29, 0.717) is 5.69 Å². The molecular weight excluding hydrogens is 232 g/mol. The van der Waals surface area contributed by atoms with Gasteiger partial charge in [-0.1, -0.05) is 17.7 Å². The van der Waals surface area contributed by atoms with Crippen LogP contribution in [0.4, 0.5) is 0 Å². The van der Waals surface area contributed by atoms with Gasteiger partial charge in [0.1, 0.15) is 5.56 Å². The minimum atomic E-state index is -1.25. The van der Waals surface area contributed by atoms with Crippen LogP contribution in [-0.2, 0) is 0 Å². The van der Waals surface area contributed by atoms with Crippen LogP contribution in [0, 0.1) is 13.8 Å². The van der Waals surface area contributed by atoms with Gasteiger partial charge in [-0.3, -0.25) is 4.79 Å². The Labute approximate surface area is 103 Å². The lowest BCUT2D eigenvalue weighted by Gasteiger charge is -2.08. The normalized spacial score (nSPS) is 10.3. The van der Waals surface area contributed by atoms with Gasteiger partial charge >= 0.3 is 5.97 Å². The lowest BCUT2D eigenvalue weighted by molar-refractivity contribution is 0.0694. The largest absolute Gasteiger partial charge is 0.477 e. The third kappa shape index (κ3) is 2.02. The molecule has 5 heteroatoms. The smallest absolute Gasteiger partial charge is 0.341 e. The van der Waals surface area contributed by atoms with Crippen molar-refractivity contribution in [2.24, 2.45) is 0 Å². The highest BCUT2D eigenvalue weighted by Crippen LogP contribution is 2.12. The van der Waals surface area contributed by atoms with E-state index in [0.717, 1.165) is 15.8 Å². The number of hydrogen-bond acceptors (Lipinski definition) is 3. The van der Waals surface area contributed by atoms with Gasteiger partial charge in [-0.25, -0.2) is 4.79 Å². The van der Waals surface area contributed by atoms with Gasteiger partial charge in [-0.15, -0.1) is 0 Å². The summed E-state index contributed by atoms with van der Waals surface area (Å²) in [5, 5.41) is 12.8. The van der Waals surface area contributed by atoms with E-state index >= 15 is 0 Å². The first-order valence-electron chi connectivity index (χ1n) is 5.40. The van der Waals surface area contributed by atoms with Gasteiger partial charge in [0.25, 0.3) is 5.56 Å². The van der Waals surface area contributed by atoms with Crippen LogP contribution in [0.3, 0.4) is 0 Å². The van der Waals surface area contributed by atoms with Crippen LogP contribution in [0.5, 0.6) is 0 Å². The summed E-state index contributed by atoms with van der Waals surface area (Å²) in [5.74, 6) is -1.25. The van der Waals surface area contributed by atoms with Crippen LogP contribution in [0.15, 0.2) is 35.3 Å². The summed E-state index contributed by atoms with van der Waals surface area (Å²) in [6.45, 7) is 3.80. The zero-order chi connectivity index (χ0) is 13.3. The fraction of sp³-hybridized carbons (Fsp3) is 0.154. The van der Waals surface area contributed by atoms with Crippen LogP contribution in [-0.4, -0.2) is 20.9 Å². The van der Waals surface area contributed by atoms with Crippen molar-refractivity contribution in [1.29, 1.82) is 0 Å². The van der Waals surface area contributed by atoms with Gasteiger partial charge in [0.2, 0.25) is 0 Å².